The van der Waals surface area contributed by atoms with Gasteiger partial charge in [-0.2, -0.15) is 5.10 Å². The molecule has 0 fully saturated rings. The van der Waals surface area contributed by atoms with Crippen molar-refractivity contribution in [2.24, 2.45) is 7.05 Å². The molecule has 0 aliphatic carbocycles. The molecule has 7 nitrogen and oxygen atoms in total. The average Bonchev–Trinajstić information content (AvgIpc) is 3.13. The molecule has 0 bridgehead atoms. The second-order valence-electron chi connectivity index (χ2n) is 8.25. The largest absolute Gasteiger partial charge is 0.439 e. The van der Waals surface area contributed by atoms with Crippen LogP contribution in [0.2, 0.25) is 0 Å². The van der Waals surface area contributed by atoms with Gasteiger partial charge < -0.3 is 19.3 Å². The number of hydrogen-bond donors (Lipinski definition) is 1. The maximum Gasteiger partial charge on any atom is 0.222 e. The Morgan fingerprint density at radius 1 is 1.18 bits per heavy atom. The topological polar surface area (TPSA) is 69.0 Å². The zero-order valence-corrected chi connectivity index (χ0v) is 20.3. The Morgan fingerprint density at radius 2 is 1.97 bits per heavy atom. The number of hydrogen-bond acceptors (Lipinski definition) is 6. The fourth-order valence-corrected chi connectivity index (χ4v) is 3.76. The first kappa shape index (κ1) is 25.6. The molecule has 182 valence electrons. The Labute approximate surface area is 202 Å². The lowest BCUT2D eigenvalue weighted by atomic mass is 10.1. The average molecular weight is 466 g/mol. The van der Waals surface area contributed by atoms with E-state index in [0.29, 0.717) is 38.7 Å². The molecule has 1 atom stereocenters. The number of ether oxygens (including phenoxy) is 3. The van der Waals surface area contributed by atoms with E-state index in [1.165, 1.54) is 0 Å². The highest BCUT2D eigenvalue weighted by atomic mass is 16.5. The van der Waals surface area contributed by atoms with E-state index in [2.05, 4.69) is 11.5 Å². The van der Waals surface area contributed by atoms with Crippen LogP contribution in [0.1, 0.15) is 11.1 Å². The molecule has 0 aliphatic rings. The lowest BCUT2D eigenvalue weighted by Crippen LogP contribution is -2.36. The Kier molecular flexibility index (Phi) is 9.85. The van der Waals surface area contributed by atoms with Gasteiger partial charge in [-0.25, -0.2) is 4.68 Å². The molecule has 0 amide bonds. The first-order valence-electron chi connectivity index (χ1n) is 11.5. The van der Waals surface area contributed by atoms with Gasteiger partial charge >= 0.3 is 0 Å². The summed E-state index contributed by atoms with van der Waals surface area (Å²) in [6.07, 6.45) is 1.03. The maximum absolute atomic E-state index is 10.6. The number of aliphatic hydroxyl groups is 1. The summed E-state index contributed by atoms with van der Waals surface area (Å²) in [5.41, 5.74) is 3.93. The molecule has 1 heterocycles. The molecule has 1 aromatic heterocycles. The van der Waals surface area contributed by atoms with E-state index >= 15 is 0 Å². The number of methoxy groups -OCH3 is 1. The van der Waals surface area contributed by atoms with Gasteiger partial charge in [0.15, 0.2) is 0 Å². The van der Waals surface area contributed by atoms with E-state index in [1.54, 1.807) is 17.9 Å². The molecular weight excluding hydrogens is 430 g/mol. The van der Waals surface area contributed by atoms with Gasteiger partial charge in [0.05, 0.1) is 31.5 Å². The summed E-state index contributed by atoms with van der Waals surface area (Å²) in [6.45, 7) is 8.46. The van der Waals surface area contributed by atoms with Crippen LogP contribution in [0.25, 0.3) is 11.3 Å². The summed E-state index contributed by atoms with van der Waals surface area (Å²) in [5, 5.41) is 15.4. The third-order valence-electron chi connectivity index (χ3n) is 5.35. The Balaban J connectivity index is 1.93. The van der Waals surface area contributed by atoms with Crippen LogP contribution >= 0.6 is 0 Å². The second kappa shape index (κ2) is 13.1. The van der Waals surface area contributed by atoms with Gasteiger partial charge in [0.2, 0.25) is 5.88 Å². The van der Waals surface area contributed by atoms with Crippen molar-refractivity contribution in [2.75, 3.05) is 40.0 Å². The van der Waals surface area contributed by atoms with Crippen LogP contribution in [0, 0.1) is 6.92 Å². The fraction of sp³-hybridized carbons (Fsp3) is 0.370. The zero-order valence-electron chi connectivity index (χ0n) is 20.3. The highest BCUT2D eigenvalue weighted by Gasteiger charge is 2.23. The van der Waals surface area contributed by atoms with Crippen LogP contribution < -0.4 is 4.74 Å². The quantitative estimate of drug-likeness (QED) is 0.284. The molecule has 3 rings (SSSR count). The molecule has 0 unspecified atom stereocenters. The van der Waals surface area contributed by atoms with Crippen molar-refractivity contribution in [3.63, 3.8) is 0 Å². The van der Waals surface area contributed by atoms with Crippen molar-refractivity contribution in [3.05, 3.63) is 78.4 Å². The van der Waals surface area contributed by atoms with Crippen molar-refractivity contribution >= 4 is 0 Å². The van der Waals surface area contributed by atoms with Crippen molar-refractivity contribution in [2.45, 2.75) is 19.6 Å². The minimum absolute atomic E-state index is 0.237. The summed E-state index contributed by atoms with van der Waals surface area (Å²) in [4.78, 5) is 2.14. The molecule has 0 aliphatic heterocycles. The van der Waals surface area contributed by atoms with Gasteiger partial charge in [-0.1, -0.05) is 48.5 Å². The lowest BCUT2D eigenvalue weighted by molar-refractivity contribution is 0.0193. The zero-order chi connectivity index (χ0) is 24.3. The Hall–Kier alpha value is -2.97. The van der Waals surface area contributed by atoms with Crippen molar-refractivity contribution in [1.82, 2.24) is 14.7 Å². The maximum atomic E-state index is 10.6. The van der Waals surface area contributed by atoms with Gasteiger partial charge in [-0.3, -0.25) is 4.90 Å². The van der Waals surface area contributed by atoms with Crippen molar-refractivity contribution in [3.8, 4) is 22.9 Å². The van der Waals surface area contributed by atoms with Gasteiger partial charge in [0, 0.05) is 39.4 Å². The molecule has 3 aromatic rings. The van der Waals surface area contributed by atoms with Gasteiger partial charge in [-0.05, 0) is 24.6 Å². The van der Waals surface area contributed by atoms with Crippen molar-refractivity contribution in [1.29, 1.82) is 0 Å². The van der Waals surface area contributed by atoms with E-state index in [-0.39, 0.29) is 6.61 Å². The smallest absolute Gasteiger partial charge is 0.222 e. The minimum Gasteiger partial charge on any atom is -0.439 e. The molecule has 0 saturated carbocycles. The molecule has 0 saturated heterocycles. The molecular formula is C27H35N3O4. The third-order valence-corrected chi connectivity index (χ3v) is 5.35. The highest BCUT2D eigenvalue weighted by molar-refractivity contribution is 5.65. The fourth-order valence-electron chi connectivity index (χ4n) is 3.76. The SMILES string of the molecule is C=CCOC[C@@H](O)CN(CCOC)Cc1c(-c2ccccc2)nn(C)c1Oc1cccc(C)c1. The van der Waals surface area contributed by atoms with E-state index in [4.69, 9.17) is 19.3 Å². The summed E-state index contributed by atoms with van der Waals surface area (Å²) in [5.74, 6) is 1.43. The van der Waals surface area contributed by atoms with Crippen molar-refractivity contribution < 1.29 is 19.3 Å². The van der Waals surface area contributed by atoms with Crippen LogP contribution in [0.5, 0.6) is 11.6 Å². The summed E-state index contributed by atoms with van der Waals surface area (Å²) in [6, 6.07) is 18.0. The molecule has 0 radical (unpaired) electrons. The van der Waals surface area contributed by atoms with E-state index < -0.39 is 6.10 Å². The minimum atomic E-state index is -0.644. The van der Waals surface area contributed by atoms with E-state index in [9.17, 15) is 5.11 Å². The number of aliphatic hydroxyl groups excluding tert-OH is 1. The summed E-state index contributed by atoms with van der Waals surface area (Å²) >= 11 is 0. The van der Waals surface area contributed by atoms with Gasteiger partial charge in [0.1, 0.15) is 11.4 Å². The molecule has 0 spiro atoms. The monoisotopic (exact) mass is 465 g/mol. The van der Waals surface area contributed by atoms with Gasteiger partial charge in [-0.15, -0.1) is 6.58 Å². The second-order valence-corrected chi connectivity index (χ2v) is 8.25. The van der Waals surface area contributed by atoms with E-state index in [0.717, 1.165) is 28.1 Å². The van der Waals surface area contributed by atoms with Crippen LogP contribution in [0.4, 0.5) is 0 Å². The Morgan fingerprint density at radius 3 is 2.68 bits per heavy atom. The molecule has 2 aromatic carbocycles. The van der Waals surface area contributed by atoms with Gasteiger partial charge in [0.25, 0.3) is 0 Å². The molecule has 1 N–H and O–H groups in total. The van der Waals surface area contributed by atoms with E-state index in [1.807, 2.05) is 68.6 Å². The number of benzene rings is 2. The van der Waals surface area contributed by atoms with Crippen LogP contribution in [0.3, 0.4) is 0 Å². The lowest BCUT2D eigenvalue weighted by Gasteiger charge is -2.25. The van der Waals surface area contributed by atoms with Crippen LogP contribution in [-0.4, -0.2) is 65.9 Å². The first-order chi connectivity index (χ1) is 16.5. The summed E-state index contributed by atoms with van der Waals surface area (Å²) < 4.78 is 18.9. The Bertz CT molecular complexity index is 1040. The van der Waals surface area contributed by atoms with Crippen LogP contribution in [0.15, 0.2) is 67.3 Å². The normalized spacial score (nSPS) is 12.1. The predicted molar refractivity (Wildman–Crippen MR) is 134 cm³/mol. The number of aryl methyl sites for hydroxylation is 2. The predicted octanol–water partition coefficient (Wildman–Crippen LogP) is 4.20. The molecule has 7 heteroatoms. The summed E-state index contributed by atoms with van der Waals surface area (Å²) in [7, 11) is 3.56. The standard InChI is InChI=1S/C27H35N3O4/c1-5-15-33-20-23(31)18-30(14-16-32-4)19-25-26(22-11-7-6-8-12-22)28-29(3)27(25)34-24-13-9-10-21(2)17-24/h5-13,17,23,31H,1,14-16,18-20H2,2-4H3/t23-/m0/s1. The van der Waals surface area contributed by atoms with Crippen LogP contribution in [-0.2, 0) is 23.1 Å². The number of aromatic nitrogens is 2. The third kappa shape index (κ3) is 7.27. The highest BCUT2D eigenvalue weighted by Crippen LogP contribution is 2.34. The number of rotatable bonds is 14. The molecule has 34 heavy (non-hydrogen) atoms. The first-order valence-corrected chi connectivity index (χ1v) is 11.5. The number of nitrogens with zero attached hydrogens (tertiary/aromatic N) is 3.